The van der Waals surface area contributed by atoms with Gasteiger partial charge < -0.3 is 0 Å². The molecule has 0 aromatic heterocycles. The Morgan fingerprint density at radius 1 is 0.220 bits per heavy atom. The smallest absolute Gasteiger partial charge is 0.000763 e. The van der Waals surface area contributed by atoms with Crippen molar-refractivity contribution in [3.8, 4) is 77.9 Å². The topological polar surface area (TPSA) is 0 Å². The molecule has 50 heavy (non-hydrogen) atoms. The van der Waals surface area contributed by atoms with Crippen molar-refractivity contribution < 1.29 is 0 Å². The largest absolute Gasteiger partial charge is 0.0622 e. The van der Waals surface area contributed by atoms with Gasteiger partial charge in [-0.1, -0.05) is 188 Å². The number of rotatable bonds is 5. The Labute approximate surface area is 292 Å². The van der Waals surface area contributed by atoms with Crippen molar-refractivity contribution in [3.63, 3.8) is 0 Å². The normalized spacial score (nSPS) is 11.6. The van der Waals surface area contributed by atoms with Gasteiger partial charge in [0.25, 0.3) is 0 Å². The van der Waals surface area contributed by atoms with Crippen LogP contribution in [0.25, 0.3) is 99.4 Å². The van der Waals surface area contributed by atoms with E-state index in [1.165, 1.54) is 99.4 Å². The average Bonchev–Trinajstić information content (AvgIpc) is 3.54. The van der Waals surface area contributed by atoms with Crippen LogP contribution in [0, 0.1) is 0 Å². The highest BCUT2D eigenvalue weighted by atomic mass is 14.3. The number of hydrogen-bond acceptors (Lipinski definition) is 0. The molecule has 0 radical (unpaired) electrons. The van der Waals surface area contributed by atoms with E-state index >= 15 is 0 Å². The second-order valence-electron chi connectivity index (χ2n) is 13.2. The number of benzene rings is 9. The SMILES string of the molecule is c1ccc(-c2ccc(-c3cc(-c4ccccc4)c4c(c3-c3ccccc3)-c3cccc5c(-c6cccc7ccccc67)ccc-4c35)cc2)cc1. The maximum absolute atomic E-state index is 2.45. The summed E-state index contributed by atoms with van der Waals surface area (Å²) in [5.41, 5.74) is 17.7. The molecule has 9 aromatic carbocycles. The molecule has 0 amide bonds. The Morgan fingerprint density at radius 3 is 1.44 bits per heavy atom. The zero-order chi connectivity index (χ0) is 33.0. The zero-order valence-electron chi connectivity index (χ0n) is 27.5. The van der Waals surface area contributed by atoms with E-state index in [1.807, 2.05) is 0 Å². The number of hydrogen-bond donors (Lipinski definition) is 0. The van der Waals surface area contributed by atoms with Gasteiger partial charge in [-0.3, -0.25) is 0 Å². The Kier molecular flexibility index (Phi) is 6.60. The summed E-state index contributed by atoms with van der Waals surface area (Å²) in [5.74, 6) is 0. The first-order chi connectivity index (χ1) is 24.8. The molecule has 0 spiro atoms. The predicted molar refractivity (Wildman–Crippen MR) is 213 cm³/mol. The van der Waals surface area contributed by atoms with Crippen molar-refractivity contribution in [1.29, 1.82) is 0 Å². The maximum atomic E-state index is 2.45. The fourth-order valence-electron chi connectivity index (χ4n) is 8.20. The van der Waals surface area contributed by atoms with Gasteiger partial charge in [0, 0.05) is 0 Å². The van der Waals surface area contributed by atoms with Gasteiger partial charge in [0.2, 0.25) is 0 Å². The molecule has 1 aliphatic carbocycles. The minimum atomic E-state index is 1.21. The van der Waals surface area contributed by atoms with Gasteiger partial charge in [0.15, 0.2) is 0 Å². The summed E-state index contributed by atoms with van der Waals surface area (Å²) in [6, 6.07) is 71.2. The minimum Gasteiger partial charge on any atom is -0.0622 e. The highest BCUT2D eigenvalue weighted by Crippen LogP contribution is 2.58. The third-order valence-electron chi connectivity index (χ3n) is 10.4. The van der Waals surface area contributed by atoms with Crippen molar-refractivity contribution in [2.75, 3.05) is 0 Å². The molecule has 0 N–H and O–H groups in total. The van der Waals surface area contributed by atoms with Crippen LogP contribution in [-0.2, 0) is 0 Å². The standard InChI is InChI=1S/C50H32/c1-4-14-33(15-5-1)34-26-28-37(29-27-34)45-32-46(36-16-6-2-7-17-36)49-44-31-30-41(40-23-12-21-35-18-10-11-22-39(35)40)42-24-13-25-43(48(42)44)50(49)47(45)38-19-8-3-9-20-38/h1-32H. The second kappa shape index (κ2) is 11.6. The summed E-state index contributed by atoms with van der Waals surface area (Å²) in [6.07, 6.45) is 0. The van der Waals surface area contributed by atoms with Gasteiger partial charge >= 0.3 is 0 Å². The molecule has 0 aliphatic heterocycles. The highest BCUT2D eigenvalue weighted by Gasteiger charge is 2.31. The molecular formula is C50H32. The fourth-order valence-corrected chi connectivity index (χ4v) is 8.20. The molecule has 232 valence electrons. The van der Waals surface area contributed by atoms with Crippen molar-refractivity contribution in [1.82, 2.24) is 0 Å². The fraction of sp³-hybridized carbons (Fsp3) is 0. The molecule has 10 rings (SSSR count). The molecule has 0 unspecified atom stereocenters. The van der Waals surface area contributed by atoms with Crippen molar-refractivity contribution in [2.45, 2.75) is 0 Å². The lowest BCUT2D eigenvalue weighted by atomic mass is 9.82. The third-order valence-corrected chi connectivity index (χ3v) is 10.4. The van der Waals surface area contributed by atoms with E-state index in [9.17, 15) is 0 Å². The molecule has 0 nitrogen and oxygen atoms in total. The van der Waals surface area contributed by atoms with Crippen LogP contribution in [0.2, 0.25) is 0 Å². The van der Waals surface area contributed by atoms with Crippen molar-refractivity contribution in [3.05, 3.63) is 194 Å². The van der Waals surface area contributed by atoms with Gasteiger partial charge in [-0.05, 0) is 105 Å². The first kappa shape index (κ1) is 28.5. The summed E-state index contributed by atoms with van der Waals surface area (Å²) in [5, 5.41) is 5.16. The molecule has 0 bridgehead atoms. The van der Waals surface area contributed by atoms with E-state index in [4.69, 9.17) is 0 Å². The minimum absolute atomic E-state index is 1.21. The van der Waals surface area contributed by atoms with Crippen LogP contribution in [0.1, 0.15) is 0 Å². The second-order valence-corrected chi connectivity index (χ2v) is 13.2. The van der Waals surface area contributed by atoms with Gasteiger partial charge in [-0.2, -0.15) is 0 Å². The maximum Gasteiger partial charge on any atom is -0.000763 e. The van der Waals surface area contributed by atoms with Crippen LogP contribution < -0.4 is 0 Å². The Bertz CT molecular complexity index is 2700. The van der Waals surface area contributed by atoms with Crippen LogP contribution in [0.15, 0.2) is 194 Å². The summed E-state index contributed by atoms with van der Waals surface area (Å²) < 4.78 is 0. The molecule has 0 saturated heterocycles. The lowest BCUT2D eigenvalue weighted by Crippen LogP contribution is -1.94. The van der Waals surface area contributed by atoms with Crippen LogP contribution >= 0.6 is 0 Å². The Balaban J connectivity index is 1.29. The average molecular weight is 633 g/mol. The molecular weight excluding hydrogens is 601 g/mol. The van der Waals surface area contributed by atoms with Crippen LogP contribution in [-0.4, -0.2) is 0 Å². The number of fused-ring (bicyclic) bond motifs is 4. The van der Waals surface area contributed by atoms with Gasteiger partial charge in [-0.15, -0.1) is 0 Å². The first-order valence-electron chi connectivity index (χ1n) is 17.4. The lowest BCUT2D eigenvalue weighted by molar-refractivity contribution is 1.56. The Morgan fingerprint density at radius 2 is 0.680 bits per heavy atom. The van der Waals surface area contributed by atoms with E-state index in [2.05, 4.69) is 194 Å². The van der Waals surface area contributed by atoms with Gasteiger partial charge in [-0.25, -0.2) is 0 Å². The summed E-state index contributed by atoms with van der Waals surface area (Å²) in [6.45, 7) is 0. The van der Waals surface area contributed by atoms with Crippen LogP contribution in [0.3, 0.4) is 0 Å². The van der Waals surface area contributed by atoms with Crippen molar-refractivity contribution in [2.24, 2.45) is 0 Å². The molecule has 1 aliphatic rings. The van der Waals surface area contributed by atoms with Crippen molar-refractivity contribution >= 4 is 21.5 Å². The van der Waals surface area contributed by atoms with Gasteiger partial charge in [0.05, 0.1) is 0 Å². The molecule has 9 aromatic rings. The lowest BCUT2D eigenvalue weighted by Gasteiger charge is -2.21. The summed E-state index contributed by atoms with van der Waals surface area (Å²) >= 11 is 0. The van der Waals surface area contributed by atoms with E-state index < -0.39 is 0 Å². The molecule has 0 heterocycles. The molecule has 0 atom stereocenters. The van der Waals surface area contributed by atoms with E-state index in [1.54, 1.807) is 0 Å². The molecule has 0 saturated carbocycles. The van der Waals surface area contributed by atoms with E-state index in [-0.39, 0.29) is 0 Å². The monoisotopic (exact) mass is 632 g/mol. The van der Waals surface area contributed by atoms with Gasteiger partial charge in [0.1, 0.15) is 0 Å². The summed E-state index contributed by atoms with van der Waals surface area (Å²) in [4.78, 5) is 0. The molecule has 0 heteroatoms. The quantitative estimate of drug-likeness (QED) is 0.177. The first-order valence-corrected chi connectivity index (χ1v) is 17.4. The van der Waals surface area contributed by atoms with E-state index in [0.717, 1.165) is 0 Å². The van der Waals surface area contributed by atoms with Crippen LogP contribution in [0.4, 0.5) is 0 Å². The van der Waals surface area contributed by atoms with E-state index in [0.29, 0.717) is 0 Å². The highest BCUT2D eigenvalue weighted by molar-refractivity contribution is 6.25. The predicted octanol–water partition coefficient (Wildman–Crippen LogP) is 14.0. The zero-order valence-corrected chi connectivity index (χ0v) is 27.5. The Hall–Kier alpha value is -6.50. The third kappa shape index (κ3) is 4.46. The molecule has 0 fully saturated rings. The summed E-state index contributed by atoms with van der Waals surface area (Å²) in [7, 11) is 0. The van der Waals surface area contributed by atoms with Crippen LogP contribution in [0.5, 0.6) is 0 Å².